The second-order valence-electron chi connectivity index (χ2n) is 4.09. The first-order valence-corrected chi connectivity index (χ1v) is 7.73. The Labute approximate surface area is 134 Å². The third kappa shape index (κ3) is 3.30. The van der Waals surface area contributed by atoms with Crippen molar-refractivity contribution in [2.45, 2.75) is 12.3 Å². The quantitative estimate of drug-likeness (QED) is 0.497. The number of halogens is 4. The average Bonchev–Trinajstić information content (AvgIpc) is 2.30. The first-order chi connectivity index (χ1) is 8.47. The van der Waals surface area contributed by atoms with Crippen LogP contribution in [0.15, 0.2) is 45.3 Å². The van der Waals surface area contributed by atoms with Gasteiger partial charge in [-0.3, -0.25) is 0 Å². The molecule has 0 fully saturated rings. The third-order valence-corrected chi connectivity index (χ3v) is 4.51. The van der Waals surface area contributed by atoms with Crippen molar-refractivity contribution in [1.29, 1.82) is 0 Å². The van der Waals surface area contributed by atoms with Crippen molar-refractivity contribution in [3.8, 4) is 0 Å². The molecule has 4 heteroatoms. The van der Waals surface area contributed by atoms with E-state index in [1.54, 1.807) is 0 Å². The van der Waals surface area contributed by atoms with Crippen molar-refractivity contribution in [1.82, 2.24) is 0 Å². The van der Waals surface area contributed by atoms with E-state index in [1.165, 1.54) is 0 Å². The van der Waals surface area contributed by atoms with Crippen LogP contribution in [0.5, 0.6) is 0 Å². The SMILES string of the molecule is Cc1cc(Cl)cc(C(Cl)c2cc(Br)ccc2Br)c1. The van der Waals surface area contributed by atoms with Crippen molar-refractivity contribution in [2.75, 3.05) is 0 Å². The van der Waals surface area contributed by atoms with E-state index in [0.29, 0.717) is 5.02 Å². The number of alkyl halides is 1. The average molecular weight is 409 g/mol. The molecule has 0 aromatic heterocycles. The van der Waals surface area contributed by atoms with E-state index < -0.39 is 0 Å². The Morgan fingerprint density at radius 3 is 2.44 bits per heavy atom. The van der Waals surface area contributed by atoms with Gasteiger partial charge in [0.15, 0.2) is 0 Å². The van der Waals surface area contributed by atoms with Crippen LogP contribution in [-0.2, 0) is 0 Å². The summed E-state index contributed by atoms with van der Waals surface area (Å²) in [5.41, 5.74) is 3.13. The molecule has 0 N–H and O–H groups in total. The van der Waals surface area contributed by atoms with Gasteiger partial charge < -0.3 is 0 Å². The van der Waals surface area contributed by atoms with Gasteiger partial charge in [0, 0.05) is 14.0 Å². The van der Waals surface area contributed by atoms with Crippen LogP contribution >= 0.6 is 55.1 Å². The molecule has 0 saturated carbocycles. The highest BCUT2D eigenvalue weighted by atomic mass is 79.9. The van der Waals surface area contributed by atoms with Gasteiger partial charge in [-0.2, -0.15) is 0 Å². The highest BCUT2D eigenvalue weighted by molar-refractivity contribution is 9.11. The van der Waals surface area contributed by atoms with Gasteiger partial charge in [-0.1, -0.05) is 49.5 Å². The van der Waals surface area contributed by atoms with E-state index in [1.807, 2.05) is 37.3 Å². The molecule has 1 atom stereocenters. The minimum absolute atomic E-state index is 0.228. The molecule has 18 heavy (non-hydrogen) atoms. The monoisotopic (exact) mass is 406 g/mol. The van der Waals surface area contributed by atoms with Crippen molar-refractivity contribution < 1.29 is 0 Å². The highest BCUT2D eigenvalue weighted by Crippen LogP contribution is 2.36. The van der Waals surface area contributed by atoms with Gasteiger partial charge in [-0.15, -0.1) is 11.6 Å². The van der Waals surface area contributed by atoms with E-state index >= 15 is 0 Å². The first-order valence-electron chi connectivity index (χ1n) is 5.33. The predicted molar refractivity (Wildman–Crippen MR) is 85.7 cm³/mol. The van der Waals surface area contributed by atoms with Crippen LogP contribution in [-0.4, -0.2) is 0 Å². The molecule has 2 rings (SSSR count). The van der Waals surface area contributed by atoms with E-state index in [-0.39, 0.29) is 5.38 Å². The van der Waals surface area contributed by atoms with E-state index in [4.69, 9.17) is 23.2 Å². The summed E-state index contributed by atoms with van der Waals surface area (Å²) in [5, 5.41) is 0.482. The Hall–Kier alpha value is -0.0200. The smallest absolute Gasteiger partial charge is 0.0847 e. The van der Waals surface area contributed by atoms with Crippen molar-refractivity contribution >= 4 is 55.1 Å². The first kappa shape index (κ1) is 14.4. The van der Waals surface area contributed by atoms with Crippen LogP contribution in [0.1, 0.15) is 22.1 Å². The van der Waals surface area contributed by atoms with Gasteiger partial charge in [-0.05, 0) is 53.9 Å². The van der Waals surface area contributed by atoms with Crippen LogP contribution in [0, 0.1) is 6.92 Å². The number of hydrogen-bond acceptors (Lipinski definition) is 0. The Morgan fingerprint density at radius 2 is 1.78 bits per heavy atom. The minimum Gasteiger partial charge on any atom is -0.113 e. The van der Waals surface area contributed by atoms with Crippen molar-refractivity contribution in [3.63, 3.8) is 0 Å². The van der Waals surface area contributed by atoms with Gasteiger partial charge >= 0.3 is 0 Å². The Kier molecular flexibility index (Phi) is 4.76. The molecule has 0 aliphatic rings. The van der Waals surface area contributed by atoms with E-state index in [9.17, 15) is 0 Å². The third-order valence-electron chi connectivity index (χ3n) is 2.59. The summed E-state index contributed by atoms with van der Waals surface area (Å²) in [7, 11) is 0. The van der Waals surface area contributed by atoms with Crippen LogP contribution in [0.2, 0.25) is 5.02 Å². The van der Waals surface area contributed by atoms with Crippen LogP contribution in [0.25, 0.3) is 0 Å². The molecule has 0 amide bonds. The van der Waals surface area contributed by atoms with Crippen LogP contribution in [0.3, 0.4) is 0 Å². The summed E-state index contributed by atoms with van der Waals surface area (Å²) in [6, 6.07) is 11.8. The van der Waals surface area contributed by atoms with Gasteiger partial charge in [0.2, 0.25) is 0 Å². The van der Waals surface area contributed by atoms with Crippen LogP contribution in [0.4, 0.5) is 0 Å². The van der Waals surface area contributed by atoms with E-state index in [0.717, 1.165) is 25.6 Å². The molecular formula is C14H10Br2Cl2. The molecule has 2 aromatic carbocycles. The second-order valence-corrected chi connectivity index (χ2v) is 6.73. The summed E-state index contributed by atoms with van der Waals surface area (Å²) in [6.07, 6.45) is 0. The number of benzene rings is 2. The zero-order valence-corrected chi connectivity index (χ0v) is 14.2. The predicted octanol–water partition coefficient (Wildman–Crippen LogP) is 6.50. The maximum Gasteiger partial charge on any atom is 0.0847 e. The molecule has 0 heterocycles. The molecule has 0 aliphatic carbocycles. The maximum atomic E-state index is 6.54. The lowest BCUT2D eigenvalue weighted by Gasteiger charge is -2.14. The molecular weight excluding hydrogens is 399 g/mol. The Morgan fingerprint density at radius 1 is 1.06 bits per heavy atom. The minimum atomic E-state index is -0.228. The van der Waals surface area contributed by atoms with Gasteiger partial charge in [-0.25, -0.2) is 0 Å². The zero-order chi connectivity index (χ0) is 13.3. The normalized spacial score (nSPS) is 12.5. The molecule has 2 aromatic rings. The zero-order valence-electron chi connectivity index (χ0n) is 9.55. The second kappa shape index (κ2) is 5.96. The standard InChI is InChI=1S/C14H10Br2Cl2/c1-8-4-9(6-11(17)5-8)14(18)12-7-10(15)2-3-13(12)16/h2-7,14H,1H3. The topological polar surface area (TPSA) is 0 Å². The molecule has 0 nitrogen and oxygen atoms in total. The van der Waals surface area contributed by atoms with E-state index in [2.05, 4.69) is 37.9 Å². The molecule has 0 aliphatic heterocycles. The van der Waals surface area contributed by atoms with Crippen molar-refractivity contribution in [2.24, 2.45) is 0 Å². The van der Waals surface area contributed by atoms with Crippen LogP contribution < -0.4 is 0 Å². The Balaban J connectivity index is 2.47. The number of aryl methyl sites for hydroxylation is 1. The fraction of sp³-hybridized carbons (Fsp3) is 0.143. The Bertz CT molecular complexity index is 562. The van der Waals surface area contributed by atoms with Gasteiger partial charge in [0.25, 0.3) is 0 Å². The summed E-state index contributed by atoms with van der Waals surface area (Å²) < 4.78 is 1.99. The molecule has 0 saturated heterocycles. The molecule has 0 spiro atoms. The molecule has 94 valence electrons. The summed E-state index contributed by atoms with van der Waals surface area (Å²) in [5.74, 6) is 0. The van der Waals surface area contributed by atoms with Gasteiger partial charge in [0.05, 0.1) is 5.38 Å². The fourth-order valence-electron chi connectivity index (χ4n) is 1.80. The maximum absolute atomic E-state index is 6.54. The largest absolute Gasteiger partial charge is 0.113 e. The summed E-state index contributed by atoms with van der Waals surface area (Å²) in [4.78, 5) is 0. The van der Waals surface area contributed by atoms with Gasteiger partial charge in [0.1, 0.15) is 0 Å². The molecule has 0 radical (unpaired) electrons. The summed E-state index contributed by atoms with van der Waals surface area (Å²) >= 11 is 19.6. The summed E-state index contributed by atoms with van der Waals surface area (Å²) in [6.45, 7) is 2.01. The molecule has 1 unspecified atom stereocenters. The number of rotatable bonds is 2. The fourth-order valence-corrected chi connectivity index (χ4v) is 3.39. The lowest BCUT2D eigenvalue weighted by molar-refractivity contribution is 1.12. The lowest BCUT2D eigenvalue weighted by atomic mass is 10.0. The highest BCUT2D eigenvalue weighted by Gasteiger charge is 2.15. The van der Waals surface area contributed by atoms with Crippen molar-refractivity contribution in [3.05, 3.63) is 67.1 Å². The number of hydrogen-bond donors (Lipinski definition) is 0. The molecule has 0 bridgehead atoms. The lowest BCUT2D eigenvalue weighted by Crippen LogP contribution is -1.95.